The van der Waals surface area contributed by atoms with Crippen LogP contribution in [0.2, 0.25) is 0 Å². The van der Waals surface area contributed by atoms with E-state index in [0.29, 0.717) is 35.0 Å². The number of aryl methyl sites for hydroxylation is 1. The maximum absolute atomic E-state index is 12.8. The van der Waals surface area contributed by atoms with Crippen LogP contribution >= 0.6 is 0 Å². The lowest BCUT2D eigenvalue weighted by atomic mass is 10.1. The van der Waals surface area contributed by atoms with Crippen molar-refractivity contribution >= 4 is 17.2 Å². The van der Waals surface area contributed by atoms with Crippen LogP contribution in [0.25, 0.3) is 17.2 Å². The Hall–Kier alpha value is -3.61. The molecule has 28 heavy (non-hydrogen) atoms. The molecule has 3 heterocycles. The van der Waals surface area contributed by atoms with E-state index in [1.807, 2.05) is 37.3 Å². The molecule has 0 aliphatic carbocycles. The van der Waals surface area contributed by atoms with Gasteiger partial charge < -0.3 is 15.1 Å². The summed E-state index contributed by atoms with van der Waals surface area (Å²) in [7, 11) is 1.78. The van der Waals surface area contributed by atoms with Crippen LogP contribution in [0.15, 0.2) is 59.1 Å². The second-order valence-corrected chi connectivity index (χ2v) is 6.76. The summed E-state index contributed by atoms with van der Waals surface area (Å²) in [6.45, 7) is 2.46. The summed E-state index contributed by atoms with van der Waals surface area (Å²) in [5.74, 6) is 1.66. The van der Waals surface area contributed by atoms with Crippen LogP contribution in [0, 0.1) is 6.92 Å². The Bertz CT molecular complexity index is 1130. The van der Waals surface area contributed by atoms with Crippen molar-refractivity contribution in [2.24, 2.45) is 0 Å². The van der Waals surface area contributed by atoms with Crippen LogP contribution in [0.5, 0.6) is 0 Å². The Kier molecular flexibility index (Phi) is 4.57. The van der Waals surface area contributed by atoms with Gasteiger partial charge in [-0.15, -0.1) is 5.10 Å². The first kappa shape index (κ1) is 17.8. The molecule has 0 unspecified atom stereocenters. The molecule has 0 bridgehead atoms. The smallest absolute Gasteiger partial charge is 0.255 e. The summed E-state index contributed by atoms with van der Waals surface area (Å²) >= 11 is 0. The van der Waals surface area contributed by atoms with E-state index >= 15 is 0 Å². The second kappa shape index (κ2) is 7.19. The lowest BCUT2D eigenvalue weighted by Gasteiger charge is -2.17. The molecule has 0 saturated heterocycles. The van der Waals surface area contributed by atoms with Crippen molar-refractivity contribution in [2.45, 2.75) is 13.3 Å². The fourth-order valence-corrected chi connectivity index (χ4v) is 3.05. The molecule has 1 aromatic carbocycles. The number of fused-ring (bicyclic) bond motifs is 1. The molecule has 1 amide bonds. The zero-order valence-electron chi connectivity index (χ0n) is 15.8. The third kappa shape index (κ3) is 3.46. The molecule has 0 atom stereocenters. The van der Waals surface area contributed by atoms with Crippen LogP contribution < -0.4 is 5.73 Å². The van der Waals surface area contributed by atoms with Gasteiger partial charge in [-0.3, -0.25) is 4.79 Å². The Morgan fingerprint density at radius 1 is 1.21 bits per heavy atom. The number of likely N-dealkylation sites (N-methyl/N-ethyl adjacent to an activating group) is 1. The first-order valence-corrected chi connectivity index (χ1v) is 9.03. The number of rotatable bonds is 5. The molecule has 4 rings (SSSR count). The van der Waals surface area contributed by atoms with Gasteiger partial charge in [-0.25, -0.2) is 9.50 Å². The standard InChI is InChI=1S/C21H21N5O2/c1-14-8-9-18(28-14)19-23-20-17(22)12-16(13-26(20)24-19)21(27)25(2)11-10-15-6-4-3-5-7-15/h3-9,12-13H,10-11,22H2,1-2H3. The van der Waals surface area contributed by atoms with E-state index in [1.165, 1.54) is 10.1 Å². The van der Waals surface area contributed by atoms with Crippen LogP contribution in [0.4, 0.5) is 5.69 Å². The molecule has 2 N–H and O–H groups in total. The molecular formula is C21H21N5O2. The average molecular weight is 375 g/mol. The number of furan rings is 1. The van der Waals surface area contributed by atoms with Crippen LogP contribution in [-0.2, 0) is 6.42 Å². The number of nitrogen functional groups attached to an aromatic ring is 1. The summed E-state index contributed by atoms with van der Waals surface area (Å²) in [6.07, 6.45) is 2.44. The number of hydrogen-bond acceptors (Lipinski definition) is 5. The first-order chi connectivity index (χ1) is 13.5. The lowest BCUT2D eigenvalue weighted by molar-refractivity contribution is 0.0796. The second-order valence-electron chi connectivity index (χ2n) is 6.76. The molecular weight excluding hydrogens is 354 g/mol. The summed E-state index contributed by atoms with van der Waals surface area (Å²) in [5, 5.41) is 4.41. The zero-order chi connectivity index (χ0) is 19.7. The number of carbonyl (C=O) groups excluding carboxylic acids is 1. The number of benzene rings is 1. The molecule has 7 heteroatoms. The normalized spacial score (nSPS) is 11.1. The van der Waals surface area contributed by atoms with Gasteiger partial charge in [0, 0.05) is 19.8 Å². The Morgan fingerprint density at radius 3 is 2.71 bits per heavy atom. The molecule has 7 nitrogen and oxygen atoms in total. The topological polar surface area (TPSA) is 89.7 Å². The van der Waals surface area contributed by atoms with Gasteiger partial charge in [0.1, 0.15) is 5.76 Å². The number of nitrogens with zero attached hydrogens (tertiary/aromatic N) is 4. The fraction of sp³-hybridized carbons (Fsp3) is 0.190. The van der Waals surface area contributed by atoms with E-state index in [9.17, 15) is 4.79 Å². The van der Waals surface area contributed by atoms with Gasteiger partial charge in [-0.2, -0.15) is 0 Å². The minimum Gasteiger partial charge on any atom is -0.458 e. The molecule has 0 aliphatic heterocycles. The lowest BCUT2D eigenvalue weighted by Crippen LogP contribution is -2.29. The van der Waals surface area contributed by atoms with Gasteiger partial charge in [-0.1, -0.05) is 30.3 Å². The van der Waals surface area contributed by atoms with Crippen LogP contribution in [-0.4, -0.2) is 39.0 Å². The molecule has 0 aliphatic rings. The predicted molar refractivity (Wildman–Crippen MR) is 107 cm³/mol. The monoisotopic (exact) mass is 375 g/mol. The highest BCUT2D eigenvalue weighted by molar-refractivity contribution is 5.95. The molecule has 142 valence electrons. The summed E-state index contributed by atoms with van der Waals surface area (Å²) < 4.78 is 7.10. The quantitative estimate of drug-likeness (QED) is 0.579. The highest BCUT2D eigenvalue weighted by Gasteiger charge is 2.17. The van der Waals surface area contributed by atoms with Crippen molar-refractivity contribution in [2.75, 3.05) is 19.3 Å². The number of pyridine rings is 1. The van der Waals surface area contributed by atoms with Gasteiger partial charge in [0.15, 0.2) is 11.4 Å². The number of nitrogens with two attached hydrogens (primary N) is 1. The van der Waals surface area contributed by atoms with E-state index < -0.39 is 0 Å². The predicted octanol–water partition coefficient (Wildman–Crippen LogP) is 3.19. The Labute approximate surface area is 162 Å². The van der Waals surface area contributed by atoms with Crippen LogP contribution in [0.3, 0.4) is 0 Å². The third-order valence-corrected chi connectivity index (χ3v) is 4.59. The molecule has 0 spiro atoms. The van der Waals surface area contributed by atoms with E-state index in [2.05, 4.69) is 22.2 Å². The number of hydrogen-bond donors (Lipinski definition) is 1. The SMILES string of the molecule is Cc1ccc(-c2nc3c(N)cc(C(=O)N(C)CCc4ccccc4)cn3n2)o1. The molecule has 0 radical (unpaired) electrons. The minimum absolute atomic E-state index is 0.115. The third-order valence-electron chi connectivity index (χ3n) is 4.59. The molecule has 4 aromatic rings. The Balaban J connectivity index is 1.56. The summed E-state index contributed by atoms with van der Waals surface area (Å²) in [5.41, 5.74) is 8.67. The van der Waals surface area contributed by atoms with Crippen molar-refractivity contribution in [1.82, 2.24) is 19.5 Å². The van der Waals surface area contributed by atoms with Crippen molar-refractivity contribution in [3.8, 4) is 11.6 Å². The minimum atomic E-state index is -0.115. The number of aromatic nitrogens is 3. The van der Waals surface area contributed by atoms with Gasteiger partial charge >= 0.3 is 0 Å². The van der Waals surface area contributed by atoms with E-state index in [0.717, 1.165) is 12.2 Å². The average Bonchev–Trinajstić information content (AvgIpc) is 3.32. The number of carbonyl (C=O) groups is 1. The van der Waals surface area contributed by atoms with E-state index in [4.69, 9.17) is 10.2 Å². The summed E-state index contributed by atoms with van der Waals surface area (Å²) in [6, 6.07) is 15.4. The zero-order valence-corrected chi connectivity index (χ0v) is 15.8. The maximum atomic E-state index is 12.8. The van der Waals surface area contributed by atoms with E-state index in [-0.39, 0.29) is 5.91 Å². The van der Waals surface area contributed by atoms with Gasteiger partial charge in [0.25, 0.3) is 5.91 Å². The Morgan fingerprint density at radius 2 is 2.00 bits per heavy atom. The van der Waals surface area contributed by atoms with Gasteiger partial charge in [0.05, 0.1) is 11.3 Å². The highest BCUT2D eigenvalue weighted by Crippen LogP contribution is 2.22. The van der Waals surface area contributed by atoms with Gasteiger partial charge in [0.2, 0.25) is 5.82 Å². The van der Waals surface area contributed by atoms with Gasteiger partial charge in [-0.05, 0) is 37.1 Å². The fourth-order valence-electron chi connectivity index (χ4n) is 3.05. The van der Waals surface area contributed by atoms with Crippen LogP contribution in [0.1, 0.15) is 21.7 Å². The van der Waals surface area contributed by atoms with E-state index in [1.54, 1.807) is 24.2 Å². The maximum Gasteiger partial charge on any atom is 0.255 e. The first-order valence-electron chi connectivity index (χ1n) is 9.03. The molecule has 0 fully saturated rings. The molecule has 3 aromatic heterocycles. The van der Waals surface area contributed by atoms with Crippen molar-refractivity contribution in [3.05, 3.63) is 71.6 Å². The summed E-state index contributed by atoms with van der Waals surface area (Å²) in [4.78, 5) is 18.9. The molecule has 0 saturated carbocycles. The largest absolute Gasteiger partial charge is 0.458 e. The van der Waals surface area contributed by atoms with Crippen molar-refractivity contribution in [1.29, 1.82) is 0 Å². The van der Waals surface area contributed by atoms with Crippen molar-refractivity contribution in [3.63, 3.8) is 0 Å². The number of anilines is 1. The number of amides is 1. The van der Waals surface area contributed by atoms with Crippen molar-refractivity contribution < 1.29 is 9.21 Å². The highest BCUT2D eigenvalue weighted by atomic mass is 16.3.